The first-order valence-corrected chi connectivity index (χ1v) is 6.75. The van der Waals surface area contributed by atoms with E-state index in [2.05, 4.69) is 28.9 Å². The number of nitrogens with one attached hydrogen (secondary N) is 1. The topological polar surface area (TPSA) is 51.2 Å². The van der Waals surface area contributed by atoms with Crippen LogP contribution in [0.25, 0.3) is 0 Å². The molecule has 0 unspecified atom stereocenters. The van der Waals surface area contributed by atoms with Crippen LogP contribution in [0.5, 0.6) is 0 Å². The minimum Gasteiger partial charge on any atom is -0.469 e. The number of ether oxygens (including phenoxy) is 1. The highest BCUT2D eigenvalue weighted by molar-refractivity contribution is 7.13. The highest BCUT2D eigenvalue weighted by atomic mass is 32.1. The van der Waals surface area contributed by atoms with Crippen LogP contribution in [0.15, 0.2) is 5.38 Å². The van der Waals surface area contributed by atoms with Gasteiger partial charge in [-0.2, -0.15) is 0 Å². The lowest BCUT2D eigenvalue weighted by Crippen LogP contribution is -2.06. The van der Waals surface area contributed by atoms with E-state index in [0.717, 1.165) is 29.7 Å². The Hall–Kier alpha value is -1.10. The number of hydrogen-bond acceptors (Lipinski definition) is 5. The van der Waals surface area contributed by atoms with Crippen LogP contribution in [0.4, 0.5) is 5.13 Å². The maximum Gasteiger partial charge on any atom is 0.311 e. The molecule has 1 N–H and O–H groups in total. The van der Waals surface area contributed by atoms with Crippen LogP contribution in [0.3, 0.4) is 0 Å². The third-order valence-electron chi connectivity index (χ3n) is 2.34. The van der Waals surface area contributed by atoms with Gasteiger partial charge in [0.2, 0.25) is 0 Å². The fraction of sp³-hybridized carbons (Fsp3) is 0.667. The van der Waals surface area contributed by atoms with E-state index >= 15 is 0 Å². The number of nitrogens with zero attached hydrogens (tertiary/aromatic N) is 1. The van der Waals surface area contributed by atoms with E-state index in [1.54, 1.807) is 0 Å². The van der Waals surface area contributed by atoms with Crippen LogP contribution in [-0.4, -0.2) is 24.6 Å². The standard InChI is InChI=1S/C12H20N2O2S/c1-9(2)5-4-6-13-12-14-10(8-17-12)7-11(15)16-3/h8-9H,4-7H2,1-3H3,(H,13,14). The largest absolute Gasteiger partial charge is 0.469 e. The molecule has 1 aromatic rings. The number of esters is 1. The number of methoxy groups -OCH3 is 1. The van der Waals surface area contributed by atoms with Gasteiger partial charge >= 0.3 is 5.97 Å². The average molecular weight is 256 g/mol. The quantitative estimate of drug-likeness (QED) is 0.602. The highest BCUT2D eigenvalue weighted by Gasteiger charge is 2.07. The number of carbonyl (C=O) groups excluding carboxylic acids is 1. The van der Waals surface area contributed by atoms with Crippen molar-refractivity contribution in [3.63, 3.8) is 0 Å². The molecule has 0 aromatic carbocycles. The van der Waals surface area contributed by atoms with Gasteiger partial charge < -0.3 is 10.1 Å². The van der Waals surface area contributed by atoms with Crippen LogP contribution < -0.4 is 5.32 Å². The summed E-state index contributed by atoms with van der Waals surface area (Å²) in [6.45, 7) is 5.37. The molecule has 17 heavy (non-hydrogen) atoms. The average Bonchev–Trinajstić information content (AvgIpc) is 2.72. The maximum absolute atomic E-state index is 11.0. The van der Waals surface area contributed by atoms with Gasteiger partial charge in [0.15, 0.2) is 5.13 Å². The summed E-state index contributed by atoms with van der Waals surface area (Å²) in [5, 5.41) is 6.04. The Kier molecular flexibility index (Phi) is 5.97. The molecule has 0 saturated heterocycles. The van der Waals surface area contributed by atoms with E-state index < -0.39 is 0 Å². The molecule has 0 spiro atoms. The minimum absolute atomic E-state index is 0.248. The first kappa shape index (κ1) is 14.0. The second-order valence-electron chi connectivity index (χ2n) is 4.36. The van der Waals surface area contributed by atoms with Crippen molar-refractivity contribution in [2.75, 3.05) is 19.0 Å². The molecule has 0 aliphatic carbocycles. The van der Waals surface area contributed by atoms with Crippen molar-refractivity contribution in [1.82, 2.24) is 4.98 Å². The van der Waals surface area contributed by atoms with Gasteiger partial charge in [-0.25, -0.2) is 4.98 Å². The fourth-order valence-electron chi connectivity index (χ4n) is 1.40. The summed E-state index contributed by atoms with van der Waals surface area (Å²) < 4.78 is 4.59. The Labute approximate surface area is 106 Å². The van der Waals surface area contributed by atoms with Gasteiger partial charge in [-0.05, 0) is 18.8 Å². The fourth-order valence-corrected chi connectivity index (χ4v) is 2.13. The number of aromatic nitrogens is 1. The Morgan fingerprint density at radius 3 is 3.00 bits per heavy atom. The van der Waals surface area contributed by atoms with Crippen LogP contribution in [0.1, 0.15) is 32.4 Å². The first-order valence-electron chi connectivity index (χ1n) is 5.87. The van der Waals surface area contributed by atoms with E-state index in [0.29, 0.717) is 0 Å². The number of anilines is 1. The predicted octanol–water partition coefficient (Wildman–Crippen LogP) is 2.71. The highest BCUT2D eigenvalue weighted by Crippen LogP contribution is 2.16. The third-order valence-corrected chi connectivity index (χ3v) is 3.19. The Bertz CT molecular complexity index is 350. The van der Waals surface area contributed by atoms with Gasteiger partial charge in [0.05, 0.1) is 19.2 Å². The Morgan fingerprint density at radius 2 is 2.35 bits per heavy atom. The molecule has 0 amide bonds. The molecule has 0 aliphatic heterocycles. The van der Waals surface area contributed by atoms with E-state index in [1.807, 2.05) is 5.38 Å². The lowest BCUT2D eigenvalue weighted by molar-refractivity contribution is -0.139. The summed E-state index contributed by atoms with van der Waals surface area (Å²) in [5.41, 5.74) is 0.771. The molecular weight excluding hydrogens is 236 g/mol. The van der Waals surface area contributed by atoms with E-state index in [4.69, 9.17) is 0 Å². The smallest absolute Gasteiger partial charge is 0.311 e. The second-order valence-corrected chi connectivity index (χ2v) is 5.22. The van der Waals surface area contributed by atoms with Crippen molar-refractivity contribution in [3.05, 3.63) is 11.1 Å². The monoisotopic (exact) mass is 256 g/mol. The van der Waals surface area contributed by atoms with Gasteiger partial charge in [0.25, 0.3) is 0 Å². The number of carbonyl (C=O) groups is 1. The van der Waals surface area contributed by atoms with Crippen molar-refractivity contribution < 1.29 is 9.53 Å². The number of rotatable bonds is 7. The van der Waals surface area contributed by atoms with Crippen LogP contribution in [-0.2, 0) is 16.0 Å². The van der Waals surface area contributed by atoms with Crippen LogP contribution >= 0.6 is 11.3 Å². The molecule has 0 radical (unpaired) electrons. The second kappa shape index (κ2) is 7.27. The number of thiazole rings is 1. The normalized spacial score (nSPS) is 10.6. The molecule has 0 bridgehead atoms. The van der Waals surface area contributed by atoms with Crippen molar-refractivity contribution in [2.45, 2.75) is 33.1 Å². The molecule has 0 saturated carbocycles. The molecular formula is C12H20N2O2S. The van der Waals surface area contributed by atoms with Crippen molar-refractivity contribution >= 4 is 22.4 Å². The molecule has 5 heteroatoms. The zero-order valence-corrected chi connectivity index (χ0v) is 11.5. The molecule has 4 nitrogen and oxygen atoms in total. The summed E-state index contributed by atoms with van der Waals surface area (Å²) in [7, 11) is 1.39. The van der Waals surface area contributed by atoms with Gasteiger partial charge in [-0.3, -0.25) is 4.79 Å². The van der Waals surface area contributed by atoms with E-state index in [1.165, 1.54) is 24.9 Å². The first-order chi connectivity index (χ1) is 8.11. The Morgan fingerprint density at radius 1 is 1.59 bits per heavy atom. The minimum atomic E-state index is -0.248. The summed E-state index contributed by atoms with van der Waals surface area (Å²) in [6, 6.07) is 0. The molecule has 0 aliphatic rings. The predicted molar refractivity (Wildman–Crippen MR) is 70.4 cm³/mol. The maximum atomic E-state index is 11.0. The van der Waals surface area contributed by atoms with Crippen LogP contribution in [0.2, 0.25) is 0 Å². The summed E-state index contributed by atoms with van der Waals surface area (Å²) in [5.74, 6) is 0.490. The van der Waals surface area contributed by atoms with Crippen LogP contribution in [0, 0.1) is 5.92 Å². The molecule has 96 valence electrons. The third kappa shape index (κ3) is 5.68. The van der Waals surface area contributed by atoms with Gasteiger partial charge in [-0.1, -0.05) is 13.8 Å². The lowest BCUT2D eigenvalue weighted by atomic mass is 10.1. The summed E-state index contributed by atoms with van der Waals surface area (Å²) in [4.78, 5) is 15.4. The molecule has 0 fully saturated rings. The summed E-state index contributed by atoms with van der Waals surface area (Å²) in [6.07, 6.45) is 2.61. The summed E-state index contributed by atoms with van der Waals surface area (Å²) >= 11 is 1.53. The van der Waals surface area contributed by atoms with Gasteiger partial charge in [0.1, 0.15) is 0 Å². The molecule has 1 aromatic heterocycles. The van der Waals surface area contributed by atoms with Crippen molar-refractivity contribution in [3.8, 4) is 0 Å². The number of hydrogen-bond donors (Lipinski definition) is 1. The molecule has 1 rings (SSSR count). The Balaban J connectivity index is 2.28. The lowest BCUT2D eigenvalue weighted by Gasteiger charge is -2.04. The van der Waals surface area contributed by atoms with E-state index in [-0.39, 0.29) is 12.4 Å². The van der Waals surface area contributed by atoms with Gasteiger partial charge in [0, 0.05) is 11.9 Å². The van der Waals surface area contributed by atoms with Crippen molar-refractivity contribution in [1.29, 1.82) is 0 Å². The van der Waals surface area contributed by atoms with Gasteiger partial charge in [-0.15, -0.1) is 11.3 Å². The molecule has 1 heterocycles. The zero-order valence-electron chi connectivity index (χ0n) is 10.7. The van der Waals surface area contributed by atoms with E-state index in [9.17, 15) is 4.79 Å². The zero-order chi connectivity index (χ0) is 12.7. The SMILES string of the molecule is COC(=O)Cc1csc(NCCCC(C)C)n1. The molecule has 0 atom stereocenters. The van der Waals surface area contributed by atoms with Crippen molar-refractivity contribution in [2.24, 2.45) is 5.92 Å².